The Morgan fingerprint density at radius 2 is 1.94 bits per heavy atom. The molecule has 0 saturated carbocycles. The Balaban J connectivity index is 1.88. The van der Waals surface area contributed by atoms with Gasteiger partial charge in [-0.2, -0.15) is 0 Å². The van der Waals surface area contributed by atoms with Crippen molar-refractivity contribution < 1.29 is 9.53 Å². The molecule has 98 valence electrons. The van der Waals surface area contributed by atoms with E-state index in [4.69, 9.17) is 4.74 Å². The lowest BCUT2D eigenvalue weighted by atomic mass is 9.90. The van der Waals surface area contributed by atoms with Crippen LogP contribution in [0, 0.1) is 5.92 Å². The van der Waals surface area contributed by atoms with Crippen molar-refractivity contribution in [1.82, 2.24) is 0 Å². The van der Waals surface area contributed by atoms with Gasteiger partial charge in [0.05, 0.1) is 12.5 Å². The second-order valence-electron chi connectivity index (χ2n) is 5.38. The zero-order valence-electron chi connectivity index (χ0n) is 11.4. The third-order valence-corrected chi connectivity index (χ3v) is 3.52. The summed E-state index contributed by atoms with van der Waals surface area (Å²) in [5, 5.41) is 0. The van der Waals surface area contributed by atoms with E-state index in [0.717, 1.165) is 6.42 Å². The second kappa shape index (κ2) is 6.03. The van der Waals surface area contributed by atoms with E-state index in [1.807, 2.05) is 13.8 Å². The molecule has 0 atom stereocenters. The predicted octanol–water partition coefficient (Wildman–Crippen LogP) is 3.31. The molecule has 0 spiro atoms. The molecule has 2 rings (SSSR count). The van der Waals surface area contributed by atoms with Crippen LogP contribution < -0.4 is 0 Å². The van der Waals surface area contributed by atoms with Crippen molar-refractivity contribution in [2.75, 3.05) is 6.61 Å². The lowest BCUT2D eigenvalue weighted by Crippen LogP contribution is -2.13. The van der Waals surface area contributed by atoms with Crippen molar-refractivity contribution >= 4 is 5.97 Å². The monoisotopic (exact) mass is 246 g/mol. The maximum atomic E-state index is 11.3. The number of esters is 1. The van der Waals surface area contributed by atoms with E-state index in [1.165, 1.54) is 42.4 Å². The van der Waals surface area contributed by atoms with Crippen LogP contribution in [0.25, 0.3) is 0 Å². The second-order valence-corrected chi connectivity index (χ2v) is 5.38. The van der Waals surface area contributed by atoms with Crippen LogP contribution in [-0.4, -0.2) is 12.6 Å². The highest BCUT2D eigenvalue weighted by Gasteiger charge is 2.10. The van der Waals surface area contributed by atoms with Crippen molar-refractivity contribution in [2.45, 2.75) is 46.0 Å². The first-order valence-electron chi connectivity index (χ1n) is 6.94. The molecule has 1 aromatic carbocycles. The first-order valence-corrected chi connectivity index (χ1v) is 6.94. The molecule has 18 heavy (non-hydrogen) atoms. The Labute approximate surface area is 109 Å². The Kier molecular flexibility index (Phi) is 4.40. The summed E-state index contributed by atoms with van der Waals surface area (Å²) in [4.78, 5) is 11.3. The van der Waals surface area contributed by atoms with Crippen LogP contribution in [0.4, 0.5) is 0 Å². The maximum Gasteiger partial charge on any atom is 0.308 e. The standard InChI is InChI=1S/C16H22O2/c1-12(2)16(17)18-10-9-13-7-8-14-5-3-4-6-15(14)11-13/h7-8,11-12H,3-6,9-10H2,1-2H3. The fourth-order valence-electron chi connectivity index (χ4n) is 2.38. The minimum absolute atomic E-state index is 0.0338. The Bertz CT molecular complexity index is 421. The first-order chi connectivity index (χ1) is 8.66. The number of rotatable bonds is 4. The van der Waals surface area contributed by atoms with Gasteiger partial charge in [0.2, 0.25) is 0 Å². The molecule has 0 saturated heterocycles. The summed E-state index contributed by atoms with van der Waals surface area (Å²) in [7, 11) is 0. The SMILES string of the molecule is CC(C)C(=O)OCCc1ccc2c(c1)CCCC2. The fourth-order valence-corrected chi connectivity index (χ4v) is 2.38. The van der Waals surface area contributed by atoms with Gasteiger partial charge in [-0.05, 0) is 42.4 Å². The van der Waals surface area contributed by atoms with E-state index in [1.54, 1.807) is 0 Å². The van der Waals surface area contributed by atoms with Crippen LogP contribution in [0.1, 0.15) is 43.4 Å². The van der Waals surface area contributed by atoms with Gasteiger partial charge in [-0.1, -0.05) is 32.0 Å². The quantitative estimate of drug-likeness (QED) is 0.762. The molecule has 0 heterocycles. The van der Waals surface area contributed by atoms with E-state index < -0.39 is 0 Å². The lowest BCUT2D eigenvalue weighted by Gasteiger charge is -2.16. The van der Waals surface area contributed by atoms with Gasteiger partial charge in [0.1, 0.15) is 0 Å². The van der Waals surface area contributed by atoms with Crippen molar-refractivity contribution in [3.05, 3.63) is 34.9 Å². The van der Waals surface area contributed by atoms with Crippen LogP contribution in [0.3, 0.4) is 0 Å². The molecule has 0 N–H and O–H groups in total. The van der Waals surface area contributed by atoms with Crippen LogP contribution in [0.15, 0.2) is 18.2 Å². The summed E-state index contributed by atoms with van der Waals surface area (Å²) in [6, 6.07) is 6.71. The molecule has 0 bridgehead atoms. The Hall–Kier alpha value is -1.31. The molecule has 0 aromatic heterocycles. The van der Waals surface area contributed by atoms with Gasteiger partial charge in [0.15, 0.2) is 0 Å². The fraction of sp³-hybridized carbons (Fsp3) is 0.562. The number of ether oxygens (including phenoxy) is 1. The van der Waals surface area contributed by atoms with E-state index >= 15 is 0 Å². The molecule has 1 aromatic rings. The number of hydrogen-bond acceptors (Lipinski definition) is 2. The number of carbonyl (C=O) groups excluding carboxylic acids is 1. The lowest BCUT2D eigenvalue weighted by molar-refractivity contribution is -0.147. The number of hydrogen-bond donors (Lipinski definition) is 0. The third-order valence-electron chi connectivity index (χ3n) is 3.52. The van der Waals surface area contributed by atoms with Gasteiger partial charge < -0.3 is 4.74 Å². The van der Waals surface area contributed by atoms with E-state index in [9.17, 15) is 4.79 Å². The number of benzene rings is 1. The van der Waals surface area contributed by atoms with Crippen molar-refractivity contribution in [3.63, 3.8) is 0 Å². The van der Waals surface area contributed by atoms with Crippen molar-refractivity contribution in [3.8, 4) is 0 Å². The molecule has 1 aliphatic carbocycles. The molecule has 0 unspecified atom stereocenters. The molecule has 2 heteroatoms. The van der Waals surface area contributed by atoms with E-state index in [2.05, 4.69) is 18.2 Å². The molecule has 0 aliphatic heterocycles. The van der Waals surface area contributed by atoms with Crippen molar-refractivity contribution in [1.29, 1.82) is 0 Å². The Morgan fingerprint density at radius 3 is 2.67 bits per heavy atom. The van der Waals surface area contributed by atoms with Gasteiger partial charge >= 0.3 is 5.97 Å². The van der Waals surface area contributed by atoms with E-state index in [0.29, 0.717) is 6.61 Å². The van der Waals surface area contributed by atoms with Gasteiger partial charge in [0, 0.05) is 6.42 Å². The smallest absolute Gasteiger partial charge is 0.308 e. The summed E-state index contributed by atoms with van der Waals surface area (Å²) in [5.74, 6) is -0.138. The van der Waals surface area contributed by atoms with Gasteiger partial charge in [-0.15, -0.1) is 0 Å². The first kappa shape index (κ1) is 13.1. The topological polar surface area (TPSA) is 26.3 Å². The number of carbonyl (C=O) groups is 1. The zero-order valence-corrected chi connectivity index (χ0v) is 11.4. The number of aryl methyl sites for hydroxylation is 2. The summed E-state index contributed by atoms with van der Waals surface area (Å²) < 4.78 is 5.21. The molecule has 0 radical (unpaired) electrons. The molecule has 0 fully saturated rings. The highest BCUT2D eigenvalue weighted by Crippen LogP contribution is 2.22. The highest BCUT2D eigenvalue weighted by molar-refractivity contribution is 5.71. The average molecular weight is 246 g/mol. The van der Waals surface area contributed by atoms with Gasteiger partial charge in [-0.3, -0.25) is 4.79 Å². The minimum Gasteiger partial charge on any atom is -0.465 e. The van der Waals surface area contributed by atoms with Gasteiger partial charge in [-0.25, -0.2) is 0 Å². The largest absolute Gasteiger partial charge is 0.465 e. The highest BCUT2D eigenvalue weighted by atomic mass is 16.5. The summed E-state index contributed by atoms with van der Waals surface area (Å²) in [5.41, 5.74) is 4.28. The van der Waals surface area contributed by atoms with Crippen LogP contribution >= 0.6 is 0 Å². The molecular formula is C16H22O2. The Morgan fingerprint density at radius 1 is 1.22 bits per heavy atom. The van der Waals surface area contributed by atoms with Crippen molar-refractivity contribution in [2.24, 2.45) is 5.92 Å². The minimum atomic E-state index is -0.104. The molecular weight excluding hydrogens is 224 g/mol. The summed E-state index contributed by atoms with van der Waals surface area (Å²) in [6.45, 7) is 4.22. The van der Waals surface area contributed by atoms with Gasteiger partial charge in [0.25, 0.3) is 0 Å². The van der Waals surface area contributed by atoms with Crippen LogP contribution in [-0.2, 0) is 28.8 Å². The third kappa shape index (κ3) is 3.34. The molecule has 0 amide bonds. The van der Waals surface area contributed by atoms with Crippen LogP contribution in [0.5, 0.6) is 0 Å². The molecule has 1 aliphatic rings. The average Bonchev–Trinajstić information content (AvgIpc) is 2.38. The zero-order chi connectivity index (χ0) is 13.0. The number of fused-ring (bicyclic) bond motifs is 1. The summed E-state index contributed by atoms with van der Waals surface area (Å²) >= 11 is 0. The normalized spacial score (nSPS) is 14.4. The van der Waals surface area contributed by atoms with E-state index in [-0.39, 0.29) is 11.9 Å². The predicted molar refractivity (Wildman–Crippen MR) is 72.6 cm³/mol. The van der Waals surface area contributed by atoms with Crippen LogP contribution in [0.2, 0.25) is 0 Å². The molecule has 2 nitrogen and oxygen atoms in total. The maximum absolute atomic E-state index is 11.3. The summed E-state index contributed by atoms with van der Waals surface area (Å²) in [6.07, 6.45) is 5.87.